The molecule has 0 radical (unpaired) electrons. The molecule has 3 nitrogen and oxygen atoms in total. The minimum Gasteiger partial charge on any atom is -0.456 e. The monoisotopic (exact) mass is 778 g/mol. The topological polar surface area (TPSA) is 38.9 Å². The fourth-order valence-electron chi connectivity index (χ4n) is 8.47. The summed E-state index contributed by atoms with van der Waals surface area (Å²) < 4.78 is 6.44. The van der Waals surface area contributed by atoms with Crippen molar-refractivity contribution in [1.82, 2.24) is 9.97 Å². The minimum atomic E-state index is 0.706. The van der Waals surface area contributed by atoms with Crippen LogP contribution in [0.2, 0.25) is 0 Å². The number of benzene rings is 9. The Morgan fingerprint density at radius 2 is 0.721 bits per heavy atom. The molecule has 0 unspecified atom stereocenters. The van der Waals surface area contributed by atoms with Crippen molar-refractivity contribution in [3.63, 3.8) is 0 Å². The Morgan fingerprint density at radius 1 is 0.262 bits per heavy atom. The molecular weight excluding hydrogens is 741 g/mol. The third-order valence-corrected chi connectivity index (χ3v) is 11.5. The van der Waals surface area contributed by atoms with Crippen LogP contribution in [0.15, 0.2) is 235 Å². The standard InChI is InChI=1S/C58H38N2O/c1-5-16-39(17-6-1)48-35-51(57(43-20-9-3-10-21-43)52(36-48)47-32-33-50-49-26-13-14-27-55(49)61-56(50)37-47)46-25-15-24-45(34-46)40-28-30-42(31-29-40)54-38-53(41-18-7-2-8-19-41)59-58(60-54)44-22-11-4-12-23-44/h1-38H. The van der Waals surface area contributed by atoms with E-state index in [1.165, 1.54) is 5.56 Å². The fraction of sp³-hybridized carbons (Fsp3) is 0. The molecule has 0 aliphatic heterocycles. The molecule has 9 aromatic carbocycles. The minimum absolute atomic E-state index is 0.706. The predicted octanol–water partition coefficient (Wildman–Crippen LogP) is 15.7. The van der Waals surface area contributed by atoms with Crippen molar-refractivity contribution in [1.29, 1.82) is 0 Å². The van der Waals surface area contributed by atoms with Crippen LogP contribution in [-0.2, 0) is 0 Å². The maximum Gasteiger partial charge on any atom is 0.160 e. The summed E-state index contributed by atoms with van der Waals surface area (Å²) in [5, 5.41) is 2.24. The molecule has 0 atom stereocenters. The van der Waals surface area contributed by atoms with Crippen molar-refractivity contribution >= 4 is 21.9 Å². The molecule has 2 heterocycles. The number of furan rings is 1. The second kappa shape index (κ2) is 15.6. The first kappa shape index (κ1) is 36.0. The number of fused-ring (bicyclic) bond motifs is 3. The van der Waals surface area contributed by atoms with E-state index in [1.54, 1.807) is 0 Å². The lowest BCUT2D eigenvalue weighted by Gasteiger charge is -2.19. The molecule has 11 aromatic rings. The highest BCUT2D eigenvalue weighted by Crippen LogP contribution is 2.45. The quantitative estimate of drug-likeness (QED) is 0.154. The van der Waals surface area contributed by atoms with Crippen LogP contribution in [0.5, 0.6) is 0 Å². The summed E-state index contributed by atoms with van der Waals surface area (Å²) in [4.78, 5) is 10.1. The molecule has 0 saturated heterocycles. The first-order valence-corrected chi connectivity index (χ1v) is 20.6. The summed E-state index contributed by atoms with van der Waals surface area (Å²) in [7, 11) is 0. The number of para-hydroxylation sites is 1. The van der Waals surface area contributed by atoms with E-state index in [2.05, 4.69) is 182 Å². The van der Waals surface area contributed by atoms with Crippen molar-refractivity contribution in [2.45, 2.75) is 0 Å². The van der Waals surface area contributed by atoms with Gasteiger partial charge < -0.3 is 4.42 Å². The lowest BCUT2D eigenvalue weighted by Crippen LogP contribution is -1.95. The predicted molar refractivity (Wildman–Crippen MR) is 253 cm³/mol. The van der Waals surface area contributed by atoms with Gasteiger partial charge in [-0.2, -0.15) is 0 Å². The first-order valence-electron chi connectivity index (χ1n) is 20.6. The van der Waals surface area contributed by atoms with E-state index >= 15 is 0 Å². The Bertz CT molecular complexity index is 3260. The van der Waals surface area contributed by atoms with Gasteiger partial charge in [0.05, 0.1) is 11.4 Å². The van der Waals surface area contributed by atoms with Crippen LogP contribution in [0.25, 0.3) is 111 Å². The zero-order valence-corrected chi connectivity index (χ0v) is 33.2. The van der Waals surface area contributed by atoms with Crippen molar-refractivity contribution < 1.29 is 4.42 Å². The fourth-order valence-corrected chi connectivity index (χ4v) is 8.47. The molecule has 0 spiro atoms. The average molecular weight is 779 g/mol. The van der Waals surface area contributed by atoms with Crippen LogP contribution in [0.4, 0.5) is 0 Å². The van der Waals surface area contributed by atoms with Gasteiger partial charge in [0, 0.05) is 27.5 Å². The second-order valence-electron chi connectivity index (χ2n) is 15.3. The highest BCUT2D eigenvalue weighted by atomic mass is 16.3. The van der Waals surface area contributed by atoms with Gasteiger partial charge in [0.1, 0.15) is 11.2 Å². The third-order valence-electron chi connectivity index (χ3n) is 11.5. The normalized spacial score (nSPS) is 11.3. The summed E-state index contributed by atoms with van der Waals surface area (Å²) in [5.41, 5.74) is 18.1. The van der Waals surface area contributed by atoms with E-state index in [9.17, 15) is 0 Å². The van der Waals surface area contributed by atoms with E-state index < -0.39 is 0 Å². The van der Waals surface area contributed by atoms with Crippen molar-refractivity contribution in [3.8, 4) is 89.5 Å². The van der Waals surface area contributed by atoms with Crippen LogP contribution in [-0.4, -0.2) is 9.97 Å². The average Bonchev–Trinajstić information content (AvgIpc) is 3.73. The van der Waals surface area contributed by atoms with Crippen molar-refractivity contribution in [2.24, 2.45) is 0 Å². The maximum atomic E-state index is 6.44. The Balaban J connectivity index is 1.04. The molecule has 11 rings (SSSR count). The second-order valence-corrected chi connectivity index (χ2v) is 15.3. The van der Waals surface area contributed by atoms with Gasteiger partial charge in [-0.25, -0.2) is 9.97 Å². The summed E-state index contributed by atoms with van der Waals surface area (Å²) >= 11 is 0. The molecule has 0 N–H and O–H groups in total. The number of aromatic nitrogens is 2. The van der Waals surface area contributed by atoms with Gasteiger partial charge >= 0.3 is 0 Å². The lowest BCUT2D eigenvalue weighted by molar-refractivity contribution is 0.669. The molecule has 0 aliphatic rings. The summed E-state index contributed by atoms with van der Waals surface area (Å²) in [6, 6.07) is 81.3. The smallest absolute Gasteiger partial charge is 0.160 e. The number of hydrogen-bond acceptors (Lipinski definition) is 3. The van der Waals surface area contributed by atoms with E-state index in [-0.39, 0.29) is 0 Å². The zero-order valence-electron chi connectivity index (χ0n) is 33.2. The molecule has 286 valence electrons. The molecule has 0 bridgehead atoms. The van der Waals surface area contributed by atoms with E-state index in [0.717, 1.165) is 100 Å². The number of rotatable bonds is 8. The molecule has 0 aliphatic carbocycles. The Labute approximate surface area is 354 Å². The van der Waals surface area contributed by atoms with Crippen molar-refractivity contribution in [2.75, 3.05) is 0 Å². The molecule has 3 heteroatoms. The van der Waals surface area contributed by atoms with Gasteiger partial charge in [-0.15, -0.1) is 0 Å². The van der Waals surface area contributed by atoms with Gasteiger partial charge in [0.25, 0.3) is 0 Å². The van der Waals surface area contributed by atoms with Gasteiger partial charge in [-0.05, 0) is 98.1 Å². The summed E-state index contributed by atoms with van der Waals surface area (Å²) in [6.07, 6.45) is 0. The first-order chi connectivity index (χ1) is 30.2. The maximum absolute atomic E-state index is 6.44. The third kappa shape index (κ3) is 6.98. The molecule has 61 heavy (non-hydrogen) atoms. The molecule has 0 amide bonds. The van der Waals surface area contributed by atoms with Crippen molar-refractivity contribution in [3.05, 3.63) is 231 Å². The molecule has 2 aromatic heterocycles. The van der Waals surface area contributed by atoms with E-state index in [1.807, 2.05) is 48.5 Å². The van der Waals surface area contributed by atoms with Gasteiger partial charge in [-0.1, -0.05) is 188 Å². The van der Waals surface area contributed by atoms with Crippen LogP contribution >= 0.6 is 0 Å². The van der Waals surface area contributed by atoms with Crippen LogP contribution in [0.3, 0.4) is 0 Å². The molecule has 0 saturated carbocycles. The Morgan fingerprint density at radius 3 is 1.39 bits per heavy atom. The summed E-state index contributed by atoms with van der Waals surface area (Å²) in [6.45, 7) is 0. The largest absolute Gasteiger partial charge is 0.456 e. The summed E-state index contributed by atoms with van der Waals surface area (Å²) in [5.74, 6) is 0.706. The van der Waals surface area contributed by atoms with Gasteiger partial charge in [-0.3, -0.25) is 0 Å². The van der Waals surface area contributed by atoms with E-state index in [4.69, 9.17) is 14.4 Å². The number of nitrogens with zero attached hydrogens (tertiary/aromatic N) is 2. The highest BCUT2D eigenvalue weighted by Gasteiger charge is 2.19. The Hall–Kier alpha value is -8.14. The van der Waals surface area contributed by atoms with Crippen LogP contribution < -0.4 is 0 Å². The highest BCUT2D eigenvalue weighted by molar-refractivity contribution is 6.07. The SMILES string of the molecule is c1ccc(-c2cc(-c3cccc(-c4ccc(-c5cc(-c6ccccc6)nc(-c6ccccc6)n5)cc4)c3)c(-c3ccccc3)c(-c3ccc4c(c3)oc3ccccc34)c2)cc1. The van der Waals surface area contributed by atoms with Gasteiger partial charge in [0.2, 0.25) is 0 Å². The molecule has 0 fully saturated rings. The van der Waals surface area contributed by atoms with Crippen LogP contribution in [0.1, 0.15) is 0 Å². The molecular formula is C58H38N2O. The van der Waals surface area contributed by atoms with Crippen LogP contribution in [0, 0.1) is 0 Å². The zero-order chi connectivity index (χ0) is 40.5. The lowest BCUT2D eigenvalue weighted by atomic mass is 9.84. The van der Waals surface area contributed by atoms with E-state index in [0.29, 0.717) is 5.82 Å². The number of hydrogen-bond donors (Lipinski definition) is 0. The Kier molecular flexibility index (Phi) is 9.18. The van der Waals surface area contributed by atoms with Gasteiger partial charge in [0.15, 0.2) is 5.82 Å².